The quantitative estimate of drug-likeness (QED) is 0.516. The van der Waals surface area contributed by atoms with E-state index in [1.165, 1.54) is 4.68 Å². The number of nitrogens with two attached hydrogens (primary N) is 1. The summed E-state index contributed by atoms with van der Waals surface area (Å²) in [6.45, 7) is 7.84. The lowest BCUT2D eigenvalue weighted by Gasteiger charge is -2.32. The van der Waals surface area contributed by atoms with Crippen LogP contribution in [0.2, 0.25) is 6.32 Å². The third-order valence-electron chi connectivity index (χ3n) is 4.68. The number of carbonyl (C=O) groups is 1. The minimum absolute atomic E-state index is 0. The Hall–Kier alpha value is -1.23. The van der Waals surface area contributed by atoms with Crippen LogP contribution in [0.15, 0.2) is 0 Å². The Morgan fingerprint density at radius 3 is 2.44 bits per heavy atom. The molecule has 142 valence electrons. The van der Waals surface area contributed by atoms with E-state index in [2.05, 4.69) is 15.5 Å². The maximum atomic E-state index is 10.8. The van der Waals surface area contributed by atoms with E-state index in [-0.39, 0.29) is 37.3 Å². The molecular formula is C14H27BClN5O4. The van der Waals surface area contributed by atoms with Gasteiger partial charge in [-0.05, 0) is 50.9 Å². The summed E-state index contributed by atoms with van der Waals surface area (Å²) >= 11 is 0. The highest BCUT2D eigenvalue weighted by molar-refractivity contribution is 6.45. The number of halogens is 1. The van der Waals surface area contributed by atoms with E-state index in [0.717, 1.165) is 19.2 Å². The number of rotatable bonds is 8. The van der Waals surface area contributed by atoms with E-state index in [0.29, 0.717) is 12.2 Å². The van der Waals surface area contributed by atoms with Crippen molar-refractivity contribution in [1.82, 2.24) is 20.2 Å². The second-order valence-corrected chi connectivity index (χ2v) is 7.17. The third-order valence-corrected chi connectivity index (χ3v) is 4.68. The number of carboxylic acids is 1. The fourth-order valence-electron chi connectivity index (χ4n) is 2.61. The first kappa shape index (κ1) is 21.8. The lowest BCUT2D eigenvalue weighted by atomic mass is 9.82. The van der Waals surface area contributed by atoms with Gasteiger partial charge in [-0.15, -0.1) is 17.5 Å². The van der Waals surface area contributed by atoms with Crippen molar-refractivity contribution in [3.05, 3.63) is 5.82 Å². The van der Waals surface area contributed by atoms with E-state index in [1.54, 1.807) is 0 Å². The Morgan fingerprint density at radius 2 is 1.88 bits per heavy atom. The predicted octanol–water partition coefficient (Wildman–Crippen LogP) is 1.44. The minimum Gasteiger partial charge on any atom is -0.480 e. The van der Waals surface area contributed by atoms with Crippen LogP contribution in [-0.2, 0) is 20.6 Å². The summed E-state index contributed by atoms with van der Waals surface area (Å²) in [7, 11) is -0.205. The van der Waals surface area contributed by atoms with Gasteiger partial charge in [-0.25, -0.2) is 4.68 Å². The number of nitrogens with zero attached hydrogens (tertiary/aromatic N) is 4. The zero-order valence-electron chi connectivity index (χ0n) is 15.1. The summed E-state index contributed by atoms with van der Waals surface area (Å²) in [5.74, 6) is -0.607. The number of unbranched alkanes of at least 4 members (excludes halogenated alkanes) is 1. The molecule has 25 heavy (non-hydrogen) atoms. The lowest BCUT2D eigenvalue weighted by Crippen LogP contribution is -2.41. The van der Waals surface area contributed by atoms with Crippen LogP contribution in [0.4, 0.5) is 0 Å². The van der Waals surface area contributed by atoms with Crippen LogP contribution in [0.5, 0.6) is 0 Å². The van der Waals surface area contributed by atoms with Crippen LogP contribution < -0.4 is 5.73 Å². The first-order valence-corrected chi connectivity index (χ1v) is 8.21. The molecule has 1 unspecified atom stereocenters. The highest BCUT2D eigenvalue weighted by Crippen LogP contribution is 2.38. The number of hydrogen-bond donors (Lipinski definition) is 2. The van der Waals surface area contributed by atoms with Crippen LogP contribution in [0, 0.1) is 0 Å². The summed E-state index contributed by atoms with van der Waals surface area (Å²) in [6, 6.07) is -0.391. The molecule has 2 rings (SSSR count). The van der Waals surface area contributed by atoms with Gasteiger partial charge in [0.15, 0.2) is 5.82 Å². The van der Waals surface area contributed by atoms with Crippen molar-refractivity contribution in [2.24, 2.45) is 5.73 Å². The average molecular weight is 376 g/mol. The van der Waals surface area contributed by atoms with Crippen molar-refractivity contribution in [1.29, 1.82) is 0 Å². The monoisotopic (exact) mass is 375 g/mol. The summed E-state index contributed by atoms with van der Waals surface area (Å²) in [6.07, 6.45) is 3.20. The van der Waals surface area contributed by atoms with E-state index in [1.807, 2.05) is 27.7 Å². The summed E-state index contributed by atoms with van der Waals surface area (Å²) in [4.78, 5) is 10.8. The molecule has 1 aromatic heterocycles. The van der Waals surface area contributed by atoms with Crippen molar-refractivity contribution < 1.29 is 19.2 Å². The number of aromatic nitrogens is 4. The minimum atomic E-state index is -1.00. The maximum Gasteiger partial charge on any atom is 0.457 e. The molecule has 1 aliphatic heterocycles. The zero-order valence-corrected chi connectivity index (χ0v) is 16.0. The van der Waals surface area contributed by atoms with Crippen molar-refractivity contribution in [3.63, 3.8) is 0 Å². The van der Waals surface area contributed by atoms with Gasteiger partial charge in [0.1, 0.15) is 6.54 Å². The Bertz CT molecular complexity index is 567. The molecule has 0 saturated carbocycles. The summed E-state index contributed by atoms with van der Waals surface area (Å²) in [5.41, 5.74) is 5.45. The molecule has 3 N–H and O–H groups in total. The molecule has 1 aromatic rings. The predicted molar refractivity (Wildman–Crippen MR) is 94.4 cm³/mol. The molecule has 1 aliphatic rings. The summed E-state index contributed by atoms with van der Waals surface area (Å²) < 4.78 is 13.1. The Morgan fingerprint density at radius 1 is 1.28 bits per heavy atom. The van der Waals surface area contributed by atoms with Crippen LogP contribution in [0.3, 0.4) is 0 Å². The molecule has 1 fully saturated rings. The van der Waals surface area contributed by atoms with Gasteiger partial charge >= 0.3 is 13.1 Å². The standard InChI is InChI=1S/C14H26BN5O4.ClH/c1-13(2)14(3,4)24-15(23-13)8-6-5-7-10(16)12-17-18-19-20(12)9-11(21)22;/h10H,5-9,16H2,1-4H3,(H,21,22);1H. The van der Waals surface area contributed by atoms with Crippen molar-refractivity contribution in [2.75, 3.05) is 0 Å². The van der Waals surface area contributed by atoms with Crippen molar-refractivity contribution in [2.45, 2.75) is 77.1 Å². The molecule has 1 saturated heterocycles. The average Bonchev–Trinajstić information content (AvgIpc) is 2.96. The smallest absolute Gasteiger partial charge is 0.457 e. The normalized spacial score (nSPS) is 19.5. The van der Waals surface area contributed by atoms with E-state index in [9.17, 15) is 4.79 Å². The SMILES string of the molecule is CC1(C)OB(CCCCC(N)c2nnnn2CC(=O)O)OC1(C)C.Cl. The zero-order chi connectivity index (χ0) is 18.0. The van der Waals surface area contributed by atoms with Gasteiger partial charge in [0.05, 0.1) is 17.2 Å². The highest BCUT2D eigenvalue weighted by atomic mass is 35.5. The van der Waals surface area contributed by atoms with Crippen molar-refractivity contribution in [3.8, 4) is 0 Å². The molecule has 0 radical (unpaired) electrons. The molecule has 0 spiro atoms. The van der Waals surface area contributed by atoms with Gasteiger partial charge in [-0.1, -0.05) is 12.8 Å². The molecule has 0 aromatic carbocycles. The Kier molecular flexibility index (Phi) is 7.36. The molecular weight excluding hydrogens is 348 g/mol. The van der Waals surface area contributed by atoms with Gasteiger partial charge in [-0.3, -0.25) is 4.79 Å². The van der Waals surface area contributed by atoms with Crippen LogP contribution in [-0.4, -0.2) is 49.6 Å². The first-order valence-electron chi connectivity index (χ1n) is 8.21. The fraction of sp³-hybridized carbons (Fsp3) is 0.857. The van der Waals surface area contributed by atoms with Crippen molar-refractivity contribution >= 4 is 25.5 Å². The first-order chi connectivity index (χ1) is 11.1. The molecule has 11 heteroatoms. The van der Waals surface area contributed by atoms with Crippen LogP contribution in [0.1, 0.15) is 58.8 Å². The molecule has 0 amide bonds. The van der Waals surface area contributed by atoms with Gasteiger partial charge in [0, 0.05) is 0 Å². The van der Waals surface area contributed by atoms with Gasteiger partial charge in [0.2, 0.25) is 0 Å². The Labute approximate surface area is 154 Å². The van der Waals surface area contributed by atoms with Gasteiger partial charge < -0.3 is 20.1 Å². The molecule has 2 heterocycles. The highest BCUT2D eigenvalue weighted by Gasteiger charge is 2.50. The molecule has 1 atom stereocenters. The van der Waals surface area contributed by atoms with E-state index >= 15 is 0 Å². The van der Waals surface area contributed by atoms with Gasteiger partial charge in [0.25, 0.3) is 0 Å². The number of aliphatic carboxylic acids is 1. The number of hydrogen-bond acceptors (Lipinski definition) is 7. The van der Waals surface area contributed by atoms with Gasteiger partial charge in [-0.2, -0.15) is 0 Å². The summed E-state index contributed by atoms with van der Waals surface area (Å²) in [5, 5.41) is 19.8. The van der Waals surface area contributed by atoms with Crippen LogP contribution >= 0.6 is 12.4 Å². The second kappa shape index (κ2) is 8.44. The number of tetrazole rings is 1. The van der Waals surface area contributed by atoms with E-state index in [4.69, 9.17) is 20.1 Å². The molecule has 0 aliphatic carbocycles. The lowest BCUT2D eigenvalue weighted by molar-refractivity contribution is -0.138. The maximum absolute atomic E-state index is 10.8. The largest absolute Gasteiger partial charge is 0.480 e. The number of carboxylic acid groups (broad SMARTS) is 1. The Balaban J connectivity index is 0.00000312. The third kappa shape index (κ3) is 5.37. The molecule has 0 bridgehead atoms. The second-order valence-electron chi connectivity index (χ2n) is 7.17. The fourth-order valence-corrected chi connectivity index (χ4v) is 2.61. The molecule has 9 nitrogen and oxygen atoms in total. The topological polar surface area (TPSA) is 125 Å². The van der Waals surface area contributed by atoms with E-state index < -0.39 is 12.0 Å². The van der Waals surface area contributed by atoms with Crippen LogP contribution in [0.25, 0.3) is 0 Å².